The van der Waals surface area contributed by atoms with Crippen molar-refractivity contribution in [2.24, 2.45) is 5.92 Å². The van der Waals surface area contributed by atoms with Crippen molar-refractivity contribution in [2.75, 3.05) is 12.3 Å². The topological polar surface area (TPSA) is 72.7 Å². The molecule has 2 heterocycles. The molecule has 0 saturated carbocycles. The second-order valence-corrected chi connectivity index (χ2v) is 6.64. The number of carbonyl (C=O) groups is 1. The monoisotopic (exact) mass is 333 g/mol. The summed E-state index contributed by atoms with van der Waals surface area (Å²) in [5.41, 5.74) is 2.78. The van der Waals surface area contributed by atoms with Crippen LogP contribution in [0.2, 0.25) is 0 Å². The van der Waals surface area contributed by atoms with Gasteiger partial charge in [-0.05, 0) is 25.8 Å². The first kappa shape index (κ1) is 17.5. The molecule has 1 amide bonds. The number of aryl methyl sites for hydroxylation is 2. The molecule has 124 valence electrons. The summed E-state index contributed by atoms with van der Waals surface area (Å²) >= 11 is 1.35. The number of hydrogen-bond donors (Lipinski definition) is 1. The largest absolute Gasteiger partial charge is 0.355 e. The van der Waals surface area contributed by atoms with Gasteiger partial charge in [-0.2, -0.15) is 5.10 Å². The average molecular weight is 333 g/mol. The van der Waals surface area contributed by atoms with Gasteiger partial charge in [0, 0.05) is 31.0 Å². The molecule has 7 heteroatoms. The Kier molecular flexibility index (Phi) is 6.15. The Labute approximate surface area is 141 Å². The molecule has 0 fully saturated rings. The molecule has 2 aromatic rings. The third-order valence-corrected chi connectivity index (χ3v) is 4.08. The van der Waals surface area contributed by atoms with E-state index in [2.05, 4.69) is 34.2 Å². The molecular weight excluding hydrogens is 310 g/mol. The Hall–Kier alpha value is -1.89. The third kappa shape index (κ3) is 5.06. The highest BCUT2D eigenvalue weighted by atomic mass is 32.2. The predicted molar refractivity (Wildman–Crippen MR) is 92.2 cm³/mol. The zero-order chi connectivity index (χ0) is 16.8. The minimum absolute atomic E-state index is 0.00712. The number of rotatable bonds is 7. The van der Waals surface area contributed by atoms with Crippen LogP contribution in [0.15, 0.2) is 23.6 Å². The zero-order valence-corrected chi connectivity index (χ0v) is 14.9. The predicted octanol–water partition coefficient (Wildman–Crippen LogP) is 2.53. The maximum atomic E-state index is 11.8. The Bertz CT molecular complexity index is 668. The fourth-order valence-corrected chi connectivity index (χ4v) is 2.65. The molecule has 1 N–H and O–H groups in total. The highest BCUT2D eigenvalue weighted by Crippen LogP contribution is 2.22. The zero-order valence-electron chi connectivity index (χ0n) is 14.0. The summed E-state index contributed by atoms with van der Waals surface area (Å²) in [6, 6.07) is 1.87. The lowest BCUT2D eigenvalue weighted by molar-refractivity contribution is -0.118. The Morgan fingerprint density at radius 2 is 2.22 bits per heavy atom. The van der Waals surface area contributed by atoms with E-state index in [-0.39, 0.29) is 5.91 Å². The van der Waals surface area contributed by atoms with Gasteiger partial charge in [-0.25, -0.2) is 9.97 Å². The first-order valence-corrected chi connectivity index (χ1v) is 8.75. The van der Waals surface area contributed by atoms with Crippen LogP contribution in [0, 0.1) is 12.8 Å². The average Bonchev–Trinajstić information content (AvgIpc) is 2.92. The first-order valence-electron chi connectivity index (χ1n) is 7.76. The van der Waals surface area contributed by atoms with Crippen LogP contribution in [-0.2, 0) is 11.3 Å². The Morgan fingerprint density at radius 1 is 1.43 bits per heavy atom. The van der Waals surface area contributed by atoms with E-state index < -0.39 is 0 Å². The molecular formula is C16H23N5OS. The summed E-state index contributed by atoms with van der Waals surface area (Å²) in [4.78, 5) is 20.5. The van der Waals surface area contributed by atoms with E-state index in [1.54, 1.807) is 6.20 Å². The number of carbonyl (C=O) groups excluding carboxylic acids is 1. The number of hydrogen-bond acceptors (Lipinski definition) is 5. The minimum Gasteiger partial charge on any atom is -0.355 e. The molecule has 0 unspecified atom stereocenters. The van der Waals surface area contributed by atoms with Crippen LogP contribution in [0.5, 0.6) is 0 Å². The molecule has 23 heavy (non-hydrogen) atoms. The maximum absolute atomic E-state index is 11.8. The van der Waals surface area contributed by atoms with Crippen LogP contribution < -0.4 is 5.32 Å². The van der Waals surface area contributed by atoms with Gasteiger partial charge in [-0.1, -0.05) is 25.6 Å². The van der Waals surface area contributed by atoms with Gasteiger partial charge in [0.2, 0.25) is 5.91 Å². The normalized spacial score (nSPS) is 11.0. The Morgan fingerprint density at radius 3 is 2.87 bits per heavy atom. The van der Waals surface area contributed by atoms with Crippen molar-refractivity contribution >= 4 is 17.7 Å². The van der Waals surface area contributed by atoms with E-state index in [0.717, 1.165) is 23.5 Å². The van der Waals surface area contributed by atoms with E-state index in [4.69, 9.17) is 0 Å². The summed E-state index contributed by atoms with van der Waals surface area (Å²) in [5.74, 6) is 0.776. The van der Waals surface area contributed by atoms with E-state index in [0.29, 0.717) is 23.4 Å². The van der Waals surface area contributed by atoms with Crippen LogP contribution >= 0.6 is 11.8 Å². The van der Waals surface area contributed by atoms with Gasteiger partial charge < -0.3 is 5.32 Å². The Balaban J connectivity index is 2.02. The number of nitrogens with zero attached hydrogens (tertiary/aromatic N) is 4. The molecule has 0 aliphatic heterocycles. The molecule has 2 rings (SSSR count). The third-order valence-electron chi connectivity index (χ3n) is 3.22. The van der Waals surface area contributed by atoms with Crippen molar-refractivity contribution in [3.63, 3.8) is 0 Å². The van der Waals surface area contributed by atoms with Crippen LogP contribution in [-0.4, -0.2) is 38.0 Å². The van der Waals surface area contributed by atoms with Crippen LogP contribution in [0.1, 0.15) is 26.5 Å². The molecule has 0 atom stereocenters. The summed E-state index contributed by atoms with van der Waals surface area (Å²) in [7, 11) is 0. The number of thioether (sulfide) groups is 1. The second kappa shape index (κ2) is 8.10. The van der Waals surface area contributed by atoms with Crippen molar-refractivity contribution in [1.82, 2.24) is 25.1 Å². The number of aromatic nitrogens is 4. The van der Waals surface area contributed by atoms with Crippen LogP contribution in [0.25, 0.3) is 11.3 Å². The first-order chi connectivity index (χ1) is 11.0. The second-order valence-electron chi connectivity index (χ2n) is 5.69. The van der Waals surface area contributed by atoms with E-state index >= 15 is 0 Å². The van der Waals surface area contributed by atoms with Gasteiger partial charge >= 0.3 is 0 Å². The molecule has 0 radical (unpaired) electrons. The van der Waals surface area contributed by atoms with Crippen LogP contribution in [0.4, 0.5) is 0 Å². The molecule has 0 aromatic carbocycles. The number of amides is 1. The SMILES string of the molecule is CCn1cc(-c2ccnc(SCC(=O)NCC(C)C)n2)c(C)n1. The van der Waals surface area contributed by atoms with Crippen LogP contribution in [0.3, 0.4) is 0 Å². The lowest BCUT2D eigenvalue weighted by atomic mass is 10.2. The summed E-state index contributed by atoms with van der Waals surface area (Å²) < 4.78 is 1.89. The van der Waals surface area contributed by atoms with Crippen molar-refractivity contribution in [2.45, 2.75) is 39.4 Å². The van der Waals surface area contributed by atoms with Crippen molar-refractivity contribution in [3.8, 4) is 11.3 Å². The molecule has 2 aromatic heterocycles. The lowest BCUT2D eigenvalue weighted by Gasteiger charge is -2.07. The van der Waals surface area contributed by atoms with Crippen molar-refractivity contribution in [1.29, 1.82) is 0 Å². The minimum atomic E-state index is 0.00712. The molecule has 6 nitrogen and oxygen atoms in total. The van der Waals surface area contributed by atoms with Gasteiger partial charge in [0.1, 0.15) is 0 Å². The number of nitrogens with one attached hydrogen (secondary N) is 1. The van der Waals surface area contributed by atoms with Gasteiger partial charge in [-0.15, -0.1) is 0 Å². The van der Waals surface area contributed by atoms with E-state index in [9.17, 15) is 4.79 Å². The van der Waals surface area contributed by atoms with Gasteiger partial charge in [0.05, 0.1) is 17.1 Å². The van der Waals surface area contributed by atoms with Gasteiger partial charge in [0.15, 0.2) is 5.16 Å². The molecule has 0 aliphatic carbocycles. The fourth-order valence-electron chi connectivity index (χ4n) is 1.99. The summed E-state index contributed by atoms with van der Waals surface area (Å²) in [6.07, 6.45) is 3.71. The smallest absolute Gasteiger partial charge is 0.230 e. The summed E-state index contributed by atoms with van der Waals surface area (Å²) in [6.45, 7) is 9.67. The molecule has 0 spiro atoms. The molecule has 0 bridgehead atoms. The maximum Gasteiger partial charge on any atom is 0.230 e. The highest BCUT2D eigenvalue weighted by Gasteiger charge is 2.11. The highest BCUT2D eigenvalue weighted by molar-refractivity contribution is 7.99. The lowest BCUT2D eigenvalue weighted by Crippen LogP contribution is -2.28. The van der Waals surface area contributed by atoms with Crippen molar-refractivity contribution < 1.29 is 4.79 Å². The van der Waals surface area contributed by atoms with Gasteiger partial charge in [-0.3, -0.25) is 9.48 Å². The van der Waals surface area contributed by atoms with E-state index in [1.807, 2.05) is 30.8 Å². The summed E-state index contributed by atoms with van der Waals surface area (Å²) in [5, 5.41) is 7.93. The standard InChI is InChI=1S/C16H23N5OS/c1-5-21-9-13(12(4)20-21)14-6-7-17-16(19-14)23-10-15(22)18-8-11(2)3/h6-7,9,11H,5,8,10H2,1-4H3,(H,18,22). The van der Waals surface area contributed by atoms with Gasteiger partial charge in [0.25, 0.3) is 0 Å². The fraction of sp³-hybridized carbons (Fsp3) is 0.500. The quantitative estimate of drug-likeness (QED) is 0.623. The molecule has 0 aliphatic rings. The van der Waals surface area contributed by atoms with E-state index in [1.165, 1.54) is 11.8 Å². The molecule has 0 saturated heterocycles. The van der Waals surface area contributed by atoms with Crippen molar-refractivity contribution in [3.05, 3.63) is 24.2 Å².